The molecule has 1 aliphatic rings. The number of anilines is 1. The Bertz CT molecular complexity index is 865. The predicted molar refractivity (Wildman–Crippen MR) is 100 cm³/mol. The van der Waals surface area contributed by atoms with Gasteiger partial charge in [-0.1, -0.05) is 29.8 Å². The van der Waals surface area contributed by atoms with Crippen LogP contribution in [0.1, 0.15) is 36.1 Å². The summed E-state index contributed by atoms with van der Waals surface area (Å²) >= 11 is 0. The lowest BCUT2D eigenvalue weighted by atomic mass is 9.71. The number of nitrogens with one attached hydrogen (secondary N) is 1. The molecule has 0 saturated heterocycles. The molecule has 0 aliphatic heterocycles. The van der Waals surface area contributed by atoms with E-state index in [9.17, 15) is 0 Å². The molecule has 0 amide bonds. The summed E-state index contributed by atoms with van der Waals surface area (Å²) < 4.78 is 0. The van der Waals surface area contributed by atoms with Crippen LogP contribution in [0.4, 0.5) is 5.82 Å². The van der Waals surface area contributed by atoms with Crippen LogP contribution >= 0.6 is 0 Å². The van der Waals surface area contributed by atoms with Crippen LogP contribution in [-0.4, -0.2) is 15.2 Å². The Hall–Kier alpha value is -2.75. The van der Waals surface area contributed by atoms with Crippen molar-refractivity contribution in [1.82, 2.24) is 15.2 Å². The van der Waals surface area contributed by atoms with Crippen molar-refractivity contribution in [2.45, 2.75) is 38.6 Å². The van der Waals surface area contributed by atoms with E-state index < -0.39 is 0 Å². The summed E-state index contributed by atoms with van der Waals surface area (Å²) in [7, 11) is 0. The molecule has 1 N–H and O–H groups in total. The Morgan fingerprint density at radius 3 is 2.32 bits per heavy atom. The number of aryl methyl sites for hydroxylation is 2. The largest absolute Gasteiger partial charge is 0.359 e. The molecule has 1 aliphatic carbocycles. The van der Waals surface area contributed by atoms with Crippen molar-refractivity contribution in [2.75, 3.05) is 5.32 Å². The van der Waals surface area contributed by atoms with Gasteiger partial charge in [-0.15, -0.1) is 10.2 Å². The smallest absolute Gasteiger partial charge is 0.149 e. The normalized spacial score (nSPS) is 15.4. The lowest BCUT2D eigenvalue weighted by molar-refractivity contribution is 0.283. The molecule has 2 aromatic heterocycles. The van der Waals surface area contributed by atoms with Crippen molar-refractivity contribution in [1.29, 1.82) is 0 Å². The van der Waals surface area contributed by atoms with Gasteiger partial charge in [0.15, 0.2) is 0 Å². The first-order chi connectivity index (χ1) is 12.1. The molecule has 0 atom stereocenters. The Balaban J connectivity index is 1.57. The molecule has 126 valence electrons. The average Bonchev–Trinajstić information content (AvgIpc) is 2.60. The van der Waals surface area contributed by atoms with E-state index in [4.69, 9.17) is 0 Å². The Kier molecular flexibility index (Phi) is 3.96. The summed E-state index contributed by atoms with van der Waals surface area (Å²) in [5.41, 5.74) is 5.51. The van der Waals surface area contributed by atoms with Crippen LogP contribution in [0.5, 0.6) is 0 Å². The van der Waals surface area contributed by atoms with Crippen LogP contribution < -0.4 is 5.32 Å². The highest BCUT2D eigenvalue weighted by molar-refractivity contribution is 5.59. The number of rotatable bonds is 4. The van der Waals surface area contributed by atoms with Gasteiger partial charge >= 0.3 is 0 Å². The van der Waals surface area contributed by atoms with Crippen molar-refractivity contribution >= 4 is 5.82 Å². The molecule has 4 nitrogen and oxygen atoms in total. The topological polar surface area (TPSA) is 50.7 Å². The Morgan fingerprint density at radius 1 is 0.920 bits per heavy atom. The van der Waals surface area contributed by atoms with Crippen LogP contribution in [0.3, 0.4) is 0 Å². The SMILES string of the molecule is Cc1ccc(C2(Nc3ccc(-c4ccnc(C)c4)nn3)CCC2)cc1. The molecule has 0 spiro atoms. The minimum absolute atomic E-state index is 0.00283. The third kappa shape index (κ3) is 3.12. The summed E-state index contributed by atoms with van der Waals surface area (Å²) in [6.45, 7) is 4.10. The van der Waals surface area contributed by atoms with Gasteiger partial charge in [0, 0.05) is 17.5 Å². The van der Waals surface area contributed by atoms with Gasteiger partial charge in [-0.25, -0.2) is 0 Å². The van der Waals surface area contributed by atoms with E-state index in [1.807, 2.05) is 31.2 Å². The number of pyridine rings is 1. The third-order valence-corrected chi connectivity index (χ3v) is 5.04. The van der Waals surface area contributed by atoms with Gasteiger partial charge in [0.25, 0.3) is 0 Å². The molecule has 2 heterocycles. The van der Waals surface area contributed by atoms with Crippen LogP contribution in [0.15, 0.2) is 54.7 Å². The van der Waals surface area contributed by atoms with Crippen LogP contribution in [0.25, 0.3) is 11.3 Å². The molecule has 1 aromatic carbocycles. The van der Waals surface area contributed by atoms with E-state index >= 15 is 0 Å². The zero-order chi connectivity index (χ0) is 17.3. The highest BCUT2D eigenvalue weighted by Gasteiger charge is 2.38. The second kappa shape index (κ2) is 6.28. The van der Waals surface area contributed by atoms with Gasteiger partial charge in [-0.3, -0.25) is 4.98 Å². The number of hydrogen-bond donors (Lipinski definition) is 1. The summed E-state index contributed by atoms with van der Waals surface area (Å²) in [4.78, 5) is 4.23. The van der Waals surface area contributed by atoms with E-state index in [0.29, 0.717) is 0 Å². The van der Waals surface area contributed by atoms with E-state index in [1.165, 1.54) is 17.5 Å². The van der Waals surface area contributed by atoms with Crippen LogP contribution in [0.2, 0.25) is 0 Å². The lowest BCUT2D eigenvalue weighted by Gasteiger charge is -2.43. The zero-order valence-corrected chi connectivity index (χ0v) is 14.7. The number of benzene rings is 1. The van der Waals surface area contributed by atoms with Crippen LogP contribution in [-0.2, 0) is 5.54 Å². The van der Waals surface area contributed by atoms with Crippen molar-refractivity contribution in [2.24, 2.45) is 0 Å². The first kappa shape index (κ1) is 15.8. The van der Waals surface area contributed by atoms with Gasteiger partial charge in [0.1, 0.15) is 5.82 Å². The summed E-state index contributed by atoms with van der Waals surface area (Å²) in [6.07, 6.45) is 5.30. The molecule has 1 fully saturated rings. The van der Waals surface area contributed by atoms with Gasteiger partial charge in [0.05, 0.1) is 11.2 Å². The number of aromatic nitrogens is 3. The van der Waals surface area contributed by atoms with Crippen molar-refractivity contribution in [3.63, 3.8) is 0 Å². The highest BCUT2D eigenvalue weighted by Crippen LogP contribution is 2.43. The minimum Gasteiger partial charge on any atom is -0.359 e. The highest BCUT2D eigenvalue weighted by atomic mass is 15.2. The maximum absolute atomic E-state index is 4.41. The first-order valence-corrected chi connectivity index (χ1v) is 8.77. The third-order valence-electron chi connectivity index (χ3n) is 5.04. The number of hydrogen-bond acceptors (Lipinski definition) is 4. The molecular formula is C21H22N4. The molecule has 4 heteroatoms. The fraction of sp³-hybridized carbons (Fsp3) is 0.286. The first-order valence-electron chi connectivity index (χ1n) is 8.77. The molecule has 0 bridgehead atoms. The summed E-state index contributed by atoms with van der Waals surface area (Å²) in [5, 5.41) is 12.4. The Morgan fingerprint density at radius 2 is 1.72 bits per heavy atom. The summed E-state index contributed by atoms with van der Waals surface area (Å²) in [5.74, 6) is 0.829. The fourth-order valence-corrected chi connectivity index (χ4v) is 3.39. The quantitative estimate of drug-likeness (QED) is 0.757. The van der Waals surface area contributed by atoms with Crippen molar-refractivity contribution in [3.05, 3.63) is 71.5 Å². The molecule has 1 saturated carbocycles. The van der Waals surface area contributed by atoms with Gasteiger partial charge in [-0.05, 0) is 62.9 Å². The monoisotopic (exact) mass is 330 g/mol. The lowest BCUT2D eigenvalue weighted by Crippen LogP contribution is -2.42. The molecule has 3 aromatic rings. The van der Waals surface area contributed by atoms with E-state index in [1.54, 1.807) is 6.20 Å². The molecule has 4 rings (SSSR count). The molecule has 25 heavy (non-hydrogen) atoms. The number of nitrogens with zero attached hydrogens (tertiary/aromatic N) is 3. The van der Waals surface area contributed by atoms with Gasteiger partial charge in [0.2, 0.25) is 0 Å². The maximum Gasteiger partial charge on any atom is 0.149 e. The second-order valence-corrected chi connectivity index (χ2v) is 6.92. The van der Waals surface area contributed by atoms with Crippen molar-refractivity contribution < 1.29 is 0 Å². The fourth-order valence-electron chi connectivity index (χ4n) is 3.39. The van der Waals surface area contributed by atoms with Gasteiger partial charge in [-0.2, -0.15) is 0 Å². The molecule has 0 unspecified atom stereocenters. The predicted octanol–water partition coefficient (Wildman–Crippen LogP) is 4.65. The second-order valence-electron chi connectivity index (χ2n) is 6.92. The summed E-state index contributed by atoms with van der Waals surface area (Å²) in [6, 6.07) is 16.8. The molecule has 0 radical (unpaired) electrons. The van der Waals surface area contributed by atoms with E-state index in [0.717, 1.165) is 35.6 Å². The van der Waals surface area contributed by atoms with Crippen LogP contribution in [0, 0.1) is 13.8 Å². The zero-order valence-electron chi connectivity index (χ0n) is 14.7. The average molecular weight is 330 g/mol. The van der Waals surface area contributed by atoms with Gasteiger partial charge < -0.3 is 5.32 Å². The minimum atomic E-state index is -0.00283. The Labute approximate surface area is 148 Å². The van der Waals surface area contributed by atoms with Crippen molar-refractivity contribution in [3.8, 4) is 11.3 Å². The standard InChI is InChI=1S/C21H22N4/c1-15-4-6-18(7-5-15)21(11-3-12-21)23-20-9-8-19(24-25-20)17-10-13-22-16(2)14-17/h4-10,13-14H,3,11-12H2,1-2H3,(H,23,25). The van der Waals surface area contributed by atoms with E-state index in [2.05, 4.69) is 51.7 Å². The van der Waals surface area contributed by atoms with E-state index in [-0.39, 0.29) is 5.54 Å². The maximum atomic E-state index is 4.41. The molecular weight excluding hydrogens is 308 g/mol.